The number of amides is 1. The van der Waals surface area contributed by atoms with Crippen LogP contribution in [0.5, 0.6) is 0 Å². The third-order valence-electron chi connectivity index (χ3n) is 2.82. The number of hydrogen-bond donors (Lipinski definition) is 1. The topological polar surface area (TPSA) is 68.3 Å². The van der Waals surface area contributed by atoms with Gasteiger partial charge in [-0.2, -0.15) is 0 Å². The highest BCUT2D eigenvalue weighted by Gasteiger charge is 2.10. The highest BCUT2D eigenvalue weighted by atomic mass is 16.5. The summed E-state index contributed by atoms with van der Waals surface area (Å²) in [7, 11) is 1.32. The van der Waals surface area contributed by atoms with E-state index >= 15 is 0 Å². The highest BCUT2D eigenvalue weighted by molar-refractivity contribution is 6.05. The van der Waals surface area contributed by atoms with Gasteiger partial charge in [-0.15, -0.1) is 0 Å². The second kappa shape index (κ2) is 5.97. The Morgan fingerprint density at radius 3 is 2.45 bits per heavy atom. The lowest BCUT2D eigenvalue weighted by molar-refractivity contribution is 0.0600. The van der Waals surface area contributed by atoms with Gasteiger partial charge in [-0.25, -0.2) is 4.79 Å². The lowest BCUT2D eigenvalue weighted by Gasteiger charge is -2.07. The lowest BCUT2D eigenvalue weighted by Crippen LogP contribution is -2.14. The quantitative estimate of drug-likeness (QED) is 0.870. The van der Waals surface area contributed by atoms with Crippen molar-refractivity contribution in [3.63, 3.8) is 0 Å². The number of aryl methyl sites for hydroxylation is 1. The minimum Gasteiger partial charge on any atom is -0.465 e. The van der Waals surface area contributed by atoms with Crippen molar-refractivity contribution in [2.75, 3.05) is 12.4 Å². The van der Waals surface area contributed by atoms with Crippen molar-refractivity contribution >= 4 is 17.6 Å². The van der Waals surface area contributed by atoms with Gasteiger partial charge < -0.3 is 10.1 Å². The summed E-state index contributed by atoms with van der Waals surface area (Å²) in [5.41, 5.74) is 2.22. The van der Waals surface area contributed by atoms with Crippen LogP contribution in [0.15, 0.2) is 42.6 Å². The third-order valence-corrected chi connectivity index (χ3v) is 2.82. The molecule has 2 aromatic rings. The number of carbonyl (C=O) groups excluding carboxylic acids is 2. The molecule has 0 fully saturated rings. The Labute approximate surface area is 116 Å². The second-order valence-electron chi connectivity index (χ2n) is 4.16. The summed E-state index contributed by atoms with van der Waals surface area (Å²) in [5.74, 6) is -0.646. The number of rotatable bonds is 3. The number of methoxy groups -OCH3 is 1. The molecule has 0 saturated carbocycles. The van der Waals surface area contributed by atoms with Gasteiger partial charge in [0.25, 0.3) is 5.91 Å². The number of ether oxygens (including phenoxy) is 1. The maximum Gasteiger partial charge on any atom is 0.337 e. The van der Waals surface area contributed by atoms with Gasteiger partial charge in [0.2, 0.25) is 0 Å². The number of anilines is 1. The molecule has 0 spiro atoms. The summed E-state index contributed by atoms with van der Waals surface area (Å²) in [6, 6.07) is 9.91. The minimum absolute atomic E-state index is 0.235. The van der Waals surface area contributed by atoms with Gasteiger partial charge in [-0.3, -0.25) is 9.78 Å². The Bertz CT molecular complexity index is 636. The van der Waals surface area contributed by atoms with E-state index in [-0.39, 0.29) is 5.91 Å². The Morgan fingerprint density at radius 1 is 1.15 bits per heavy atom. The van der Waals surface area contributed by atoms with Crippen LogP contribution in [0.3, 0.4) is 0 Å². The fourth-order valence-corrected chi connectivity index (χ4v) is 1.73. The summed E-state index contributed by atoms with van der Waals surface area (Å²) in [4.78, 5) is 27.4. The Kier molecular flexibility index (Phi) is 4.10. The summed E-state index contributed by atoms with van der Waals surface area (Å²) in [6.45, 7) is 1.77. The Hall–Kier alpha value is -2.69. The number of pyridine rings is 1. The van der Waals surface area contributed by atoms with Gasteiger partial charge >= 0.3 is 5.97 Å². The number of benzene rings is 1. The van der Waals surface area contributed by atoms with E-state index in [0.29, 0.717) is 22.5 Å². The zero-order chi connectivity index (χ0) is 14.5. The van der Waals surface area contributed by atoms with E-state index in [1.54, 1.807) is 49.5 Å². The van der Waals surface area contributed by atoms with Crippen LogP contribution in [-0.4, -0.2) is 24.0 Å². The van der Waals surface area contributed by atoms with E-state index < -0.39 is 5.97 Å². The molecule has 0 atom stereocenters. The summed E-state index contributed by atoms with van der Waals surface area (Å²) in [6.07, 6.45) is 1.64. The largest absolute Gasteiger partial charge is 0.465 e. The molecular weight excluding hydrogens is 256 g/mol. The van der Waals surface area contributed by atoms with E-state index in [4.69, 9.17) is 0 Å². The van der Waals surface area contributed by atoms with Crippen LogP contribution in [0.25, 0.3) is 0 Å². The number of hydrogen-bond acceptors (Lipinski definition) is 4. The molecule has 0 unspecified atom stereocenters. The normalized spacial score (nSPS) is 9.90. The van der Waals surface area contributed by atoms with Crippen molar-refractivity contribution in [3.8, 4) is 0 Å². The van der Waals surface area contributed by atoms with Gasteiger partial charge in [0.15, 0.2) is 0 Å². The van der Waals surface area contributed by atoms with Crippen LogP contribution in [0.4, 0.5) is 5.69 Å². The molecule has 1 N–H and O–H groups in total. The van der Waals surface area contributed by atoms with Gasteiger partial charge in [0.05, 0.1) is 18.2 Å². The highest BCUT2D eigenvalue weighted by Crippen LogP contribution is 2.13. The number of nitrogens with zero attached hydrogens (tertiary/aromatic N) is 1. The average molecular weight is 270 g/mol. The minimum atomic E-state index is -0.411. The molecule has 2 rings (SSSR count). The molecule has 20 heavy (non-hydrogen) atoms. The molecule has 1 aromatic heterocycles. The van der Waals surface area contributed by atoms with E-state index in [1.807, 2.05) is 0 Å². The molecule has 0 aliphatic carbocycles. The van der Waals surface area contributed by atoms with Crippen LogP contribution >= 0.6 is 0 Å². The predicted molar refractivity (Wildman–Crippen MR) is 74.7 cm³/mol. The van der Waals surface area contributed by atoms with Crippen LogP contribution in [-0.2, 0) is 4.74 Å². The molecule has 0 radical (unpaired) electrons. The molecule has 5 heteroatoms. The van der Waals surface area contributed by atoms with Gasteiger partial charge in [0.1, 0.15) is 0 Å². The van der Waals surface area contributed by atoms with Crippen LogP contribution in [0.1, 0.15) is 26.4 Å². The first-order valence-corrected chi connectivity index (χ1v) is 6.03. The summed E-state index contributed by atoms with van der Waals surface area (Å²) in [5, 5.41) is 2.75. The van der Waals surface area contributed by atoms with Crippen molar-refractivity contribution in [2.24, 2.45) is 0 Å². The first-order chi connectivity index (χ1) is 9.61. The van der Waals surface area contributed by atoms with Crippen molar-refractivity contribution in [2.45, 2.75) is 6.92 Å². The third kappa shape index (κ3) is 3.00. The maximum absolute atomic E-state index is 12.1. The van der Waals surface area contributed by atoms with Crippen molar-refractivity contribution < 1.29 is 14.3 Å². The SMILES string of the molecule is COC(=O)c1ccc(NC(=O)c2cccnc2C)cc1. The molecule has 0 aliphatic heterocycles. The maximum atomic E-state index is 12.1. The Morgan fingerprint density at radius 2 is 1.85 bits per heavy atom. The molecule has 1 amide bonds. The number of esters is 1. The first-order valence-electron chi connectivity index (χ1n) is 6.03. The van der Waals surface area contributed by atoms with E-state index in [0.717, 1.165) is 0 Å². The molecule has 0 bridgehead atoms. The smallest absolute Gasteiger partial charge is 0.337 e. The molecule has 102 valence electrons. The van der Waals surface area contributed by atoms with Crippen LogP contribution < -0.4 is 5.32 Å². The molecule has 1 aromatic carbocycles. The van der Waals surface area contributed by atoms with E-state index in [2.05, 4.69) is 15.0 Å². The van der Waals surface area contributed by atoms with Gasteiger partial charge in [-0.1, -0.05) is 0 Å². The van der Waals surface area contributed by atoms with Crippen molar-refractivity contribution in [1.82, 2.24) is 4.98 Å². The molecule has 0 aliphatic rings. The zero-order valence-electron chi connectivity index (χ0n) is 11.2. The lowest BCUT2D eigenvalue weighted by atomic mass is 10.1. The summed E-state index contributed by atoms with van der Waals surface area (Å²) < 4.78 is 4.61. The van der Waals surface area contributed by atoms with E-state index in [1.165, 1.54) is 7.11 Å². The fraction of sp³-hybridized carbons (Fsp3) is 0.133. The number of carbonyl (C=O) groups is 2. The monoisotopic (exact) mass is 270 g/mol. The van der Waals surface area contributed by atoms with Crippen molar-refractivity contribution in [1.29, 1.82) is 0 Å². The second-order valence-corrected chi connectivity index (χ2v) is 4.16. The van der Waals surface area contributed by atoms with Crippen LogP contribution in [0, 0.1) is 6.92 Å². The van der Waals surface area contributed by atoms with Gasteiger partial charge in [0, 0.05) is 17.6 Å². The Balaban J connectivity index is 2.13. The fourth-order valence-electron chi connectivity index (χ4n) is 1.73. The number of nitrogens with one attached hydrogen (secondary N) is 1. The standard InChI is InChI=1S/C15H14N2O3/c1-10-13(4-3-9-16-10)14(18)17-12-7-5-11(6-8-12)15(19)20-2/h3-9H,1-2H3,(H,17,18). The summed E-state index contributed by atoms with van der Waals surface area (Å²) >= 11 is 0. The molecule has 0 saturated heterocycles. The average Bonchev–Trinajstić information content (AvgIpc) is 2.47. The van der Waals surface area contributed by atoms with E-state index in [9.17, 15) is 9.59 Å². The number of aromatic nitrogens is 1. The molecular formula is C15H14N2O3. The first kappa shape index (κ1) is 13.7. The molecule has 1 heterocycles. The molecule has 5 nitrogen and oxygen atoms in total. The zero-order valence-corrected chi connectivity index (χ0v) is 11.2. The van der Waals surface area contributed by atoms with Crippen LogP contribution in [0.2, 0.25) is 0 Å². The van der Waals surface area contributed by atoms with Crippen molar-refractivity contribution in [3.05, 3.63) is 59.4 Å². The van der Waals surface area contributed by atoms with Gasteiger partial charge in [-0.05, 0) is 43.3 Å². The predicted octanol–water partition coefficient (Wildman–Crippen LogP) is 2.43.